The zero-order valence-electron chi connectivity index (χ0n) is 14.5. The van der Waals surface area contributed by atoms with Gasteiger partial charge in [-0.25, -0.2) is 0 Å². The van der Waals surface area contributed by atoms with Gasteiger partial charge in [-0.1, -0.05) is 36.8 Å². The van der Waals surface area contributed by atoms with Gasteiger partial charge in [0.1, 0.15) is 0 Å². The molecule has 0 spiro atoms. The third-order valence-corrected chi connectivity index (χ3v) is 3.87. The molecule has 0 aromatic heterocycles. The van der Waals surface area contributed by atoms with Gasteiger partial charge in [-0.2, -0.15) is 0 Å². The number of nitrogens with one attached hydrogen (secondary N) is 2. The molecule has 1 atom stereocenters. The number of benzene rings is 1. The Kier molecular flexibility index (Phi) is 11.3. The SMILES string of the molecule is CCC(C)N(C)CCNC(=NC)NCc1cccc(C)c1.I. The fraction of sp³-hybridized carbons (Fsp3) is 0.588. The van der Waals surface area contributed by atoms with E-state index in [0.717, 1.165) is 25.6 Å². The molecular weight excluding hydrogens is 387 g/mol. The van der Waals surface area contributed by atoms with Crippen LogP contribution >= 0.6 is 24.0 Å². The van der Waals surface area contributed by atoms with Gasteiger partial charge >= 0.3 is 0 Å². The van der Waals surface area contributed by atoms with Crippen molar-refractivity contribution in [2.75, 3.05) is 27.2 Å². The lowest BCUT2D eigenvalue weighted by molar-refractivity contribution is 0.255. The molecule has 0 radical (unpaired) electrons. The number of guanidine groups is 1. The minimum atomic E-state index is 0. The number of hydrogen-bond donors (Lipinski definition) is 2. The molecule has 0 heterocycles. The zero-order valence-corrected chi connectivity index (χ0v) is 16.8. The largest absolute Gasteiger partial charge is 0.355 e. The van der Waals surface area contributed by atoms with Crippen LogP contribution in [0.5, 0.6) is 0 Å². The number of halogens is 1. The Bertz CT molecular complexity index is 448. The molecule has 0 saturated carbocycles. The summed E-state index contributed by atoms with van der Waals surface area (Å²) in [6.45, 7) is 9.29. The second kappa shape index (κ2) is 11.7. The van der Waals surface area contributed by atoms with Crippen molar-refractivity contribution in [3.8, 4) is 0 Å². The predicted molar refractivity (Wildman–Crippen MR) is 107 cm³/mol. The third kappa shape index (κ3) is 7.98. The maximum Gasteiger partial charge on any atom is 0.191 e. The van der Waals surface area contributed by atoms with E-state index < -0.39 is 0 Å². The van der Waals surface area contributed by atoms with Crippen LogP contribution in [0.4, 0.5) is 0 Å². The monoisotopic (exact) mass is 418 g/mol. The van der Waals surface area contributed by atoms with Crippen LogP contribution in [0.15, 0.2) is 29.3 Å². The molecule has 0 fully saturated rings. The fourth-order valence-electron chi connectivity index (χ4n) is 2.11. The van der Waals surface area contributed by atoms with Crippen LogP contribution in [0.25, 0.3) is 0 Å². The molecule has 1 rings (SSSR count). The molecular formula is C17H31IN4. The van der Waals surface area contributed by atoms with Crippen LogP contribution in [0, 0.1) is 6.92 Å². The second-order valence-corrected chi connectivity index (χ2v) is 5.58. The van der Waals surface area contributed by atoms with Crippen LogP contribution in [-0.4, -0.2) is 44.1 Å². The van der Waals surface area contributed by atoms with Crippen LogP contribution in [0.1, 0.15) is 31.4 Å². The van der Waals surface area contributed by atoms with Crippen LogP contribution < -0.4 is 10.6 Å². The van der Waals surface area contributed by atoms with E-state index in [2.05, 4.69) is 72.6 Å². The molecule has 0 aliphatic carbocycles. The molecule has 2 N–H and O–H groups in total. The summed E-state index contributed by atoms with van der Waals surface area (Å²) in [6.07, 6.45) is 1.18. The van der Waals surface area contributed by atoms with Crippen molar-refractivity contribution in [1.82, 2.24) is 15.5 Å². The molecule has 126 valence electrons. The highest BCUT2D eigenvalue weighted by Crippen LogP contribution is 2.03. The minimum Gasteiger partial charge on any atom is -0.355 e. The van der Waals surface area contributed by atoms with Gasteiger partial charge in [0.25, 0.3) is 0 Å². The van der Waals surface area contributed by atoms with Gasteiger partial charge in [0.15, 0.2) is 5.96 Å². The first-order valence-electron chi connectivity index (χ1n) is 7.77. The lowest BCUT2D eigenvalue weighted by atomic mass is 10.1. The van der Waals surface area contributed by atoms with E-state index in [0.29, 0.717) is 6.04 Å². The number of rotatable bonds is 7. The van der Waals surface area contributed by atoms with Crippen molar-refractivity contribution in [2.24, 2.45) is 4.99 Å². The summed E-state index contributed by atoms with van der Waals surface area (Å²) in [4.78, 5) is 6.63. The van der Waals surface area contributed by atoms with Crippen molar-refractivity contribution < 1.29 is 0 Å². The number of aryl methyl sites for hydroxylation is 1. The predicted octanol–water partition coefficient (Wildman–Crippen LogP) is 3.01. The Morgan fingerprint density at radius 2 is 2.05 bits per heavy atom. The van der Waals surface area contributed by atoms with Crippen molar-refractivity contribution in [2.45, 2.75) is 39.8 Å². The summed E-state index contributed by atoms with van der Waals surface area (Å²) in [5, 5.41) is 6.71. The summed E-state index contributed by atoms with van der Waals surface area (Å²) in [7, 11) is 3.97. The van der Waals surface area contributed by atoms with E-state index in [9.17, 15) is 0 Å². The lowest BCUT2D eigenvalue weighted by Crippen LogP contribution is -2.42. The van der Waals surface area contributed by atoms with Crippen molar-refractivity contribution in [3.05, 3.63) is 35.4 Å². The van der Waals surface area contributed by atoms with E-state index in [4.69, 9.17) is 0 Å². The van der Waals surface area contributed by atoms with Gasteiger partial charge in [-0.3, -0.25) is 4.99 Å². The second-order valence-electron chi connectivity index (χ2n) is 5.58. The molecule has 5 heteroatoms. The maximum absolute atomic E-state index is 4.26. The van der Waals surface area contributed by atoms with Crippen molar-refractivity contribution in [1.29, 1.82) is 0 Å². The van der Waals surface area contributed by atoms with E-state index in [1.165, 1.54) is 17.5 Å². The molecule has 0 aliphatic rings. The Morgan fingerprint density at radius 1 is 1.32 bits per heavy atom. The standard InChI is InChI=1S/C17H30N4.HI/c1-6-15(3)21(5)11-10-19-17(18-4)20-13-16-9-7-8-14(2)12-16;/h7-9,12,15H,6,10-11,13H2,1-5H3,(H2,18,19,20);1H. The lowest BCUT2D eigenvalue weighted by Gasteiger charge is -2.24. The highest BCUT2D eigenvalue weighted by molar-refractivity contribution is 14.0. The first-order chi connectivity index (χ1) is 10.1. The van der Waals surface area contributed by atoms with Crippen LogP contribution in [0.3, 0.4) is 0 Å². The average Bonchev–Trinajstić information content (AvgIpc) is 2.49. The van der Waals surface area contributed by atoms with E-state index in [-0.39, 0.29) is 24.0 Å². The highest BCUT2D eigenvalue weighted by Gasteiger charge is 2.06. The van der Waals surface area contributed by atoms with E-state index in [1.54, 1.807) is 0 Å². The quantitative estimate of drug-likeness (QED) is 0.406. The number of aliphatic imine (C=N–C) groups is 1. The van der Waals surface area contributed by atoms with Crippen LogP contribution in [-0.2, 0) is 6.54 Å². The first kappa shape index (κ1) is 21.2. The van der Waals surface area contributed by atoms with Crippen LogP contribution in [0.2, 0.25) is 0 Å². The maximum atomic E-state index is 4.26. The van der Waals surface area contributed by atoms with Gasteiger partial charge in [-0.05, 0) is 32.9 Å². The Morgan fingerprint density at radius 3 is 2.64 bits per heavy atom. The van der Waals surface area contributed by atoms with E-state index >= 15 is 0 Å². The zero-order chi connectivity index (χ0) is 15.7. The van der Waals surface area contributed by atoms with Gasteiger partial charge in [-0.15, -0.1) is 24.0 Å². The van der Waals surface area contributed by atoms with Gasteiger partial charge in [0.05, 0.1) is 0 Å². The normalized spacial score (nSPS) is 12.7. The minimum absolute atomic E-state index is 0. The molecule has 1 aromatic rings. The van der Waals surface area contributed by atoms with E-state index in [1.807, 2.05) is 7.05 Å². The van der Waals surface area contributed by atoms with Crippen molar-refractivity contribution in [3.63, 3.8) is 0 Å². The number of hydrogen-bond acceptors (Lipinski definition) is 2. The Hall–Kier alpha value is -0.820. The molecule has 0 amide bonds. The van der Waals surface area contributed by atoms with Gasteiger partial charge in [0, 0.05) is 32.7 Å². The number of nitrogens with zero attached hydrogens (tertiary/aromatic N) is 2. The average molecular weight is 418 g/mol. The van der Waals surface area contributed by atoms with Gasteiger partial charge < -0.3 is 15.5 Å². The molecule has 0 bridgehead atoms. The third-order valence-electron chi connectivity index (χ3n) is 3.87. The number of likely N-dealkylation sites (N-methyl/N-ethyl adjacent to an activating group) is 1. The highest BCUT2D eigenvalue weighted by atomic mass is 127. The first-order valence-corrected chi connectivity index (χ1v) is 7.77. The Balaban J connectivity index is 0.00000441. The smallest absolute Gasteiger partial charge is 0.191 e. The summed E-state index contributed by atoms with van der Waals surface area (Å²) >= 11 is 0. The van der Waals surface area contributed by atoms with Crippen molar-refractivity contribution >= 4 is 29.9 Å². The fourth-order valence-corrected chi connectivity index (χ4v) is 2.11. The summed E-state index contributed by atoms with van der Waals surface area (Å²) in [6, 6.07) is 9.14. The molecule has 0 saturated heterocycles. The van der Waals surface area contributed by atoms with Gasteiger partial charge in [0.2, 0.25) is 0 Å². The molecule has 1 aromatic carbocycles. The molecule has 0 aliphatic heterocycles. The summed E-state index contributed by atoms with van der Waals surface area (Å²) in [5.74, 6) is 0.856. The Labute approximate surface area is 152 Å². The molecule has 22 heavy (non-hydrogen) atoms. The topological polar surface area (TPSA) is 39.7 Å². The summed E-state index contributed by atoms with van der Waals surface area (Å²) in [5.41, 5.74) is 2.56. The molecule has 4 nitrogen and oxygen atoms in total. The summed E-state index contributed by atoms with van der Waals surface area (Å²) < 4.78 is 0. The molecule has 1 unspecified atom stereocenters.